The highest BCUT2D eigenvalue weighted by Crippen LogP contribution is 2.32. The zero-order chi connectivity index (χ0) is 15.0. The minimum atomic E-state index is 0.616. The standard InChI is InChI=1S/C16H11BrClN3/c1-2-21-15-6-3-10(9-19)7-14(15)20-16(21)12-5-4-11(18)8-13(12)17/h3-8H,2H2,1H3. The molecular weight excluding hydrogens is 350 g/mol. The fraction of sp³-hybridized carbons (Fsp3) is 0.125. The van der Waals surface area contributed by atoms with Crippen LogP contribution in [0.4, 0.5) is 0 Å². The number of aromatic nitrogens is 2. The van der Waals surface area contributed by atoms with Gasteiger partial charge in [0.2, 0.25) is 0 Å². The van der Waals surface area contributed by atoms with Crippen molar-refractivity contribution in [1.29, 1.82) is 5.26 Å². The van der Waals surface area contributed by atoms with Crippen LogP contribution >= 0.6 is 27.5 Å². The van der Waals surface area contributed by atoms with Gasteiger partial charge < -0.3 is 4.57 Å². The molecule has 0 aliphatic rings. The first-order valence-electron chi connectivity index (χ1n) is 6.50. The van der Waals surface area contributed by atoms with E-state index in [2.05, 4.69) is 33.5 Å². The van der Waals surface area contributed by atoms with E-state index in [1.165, 1.54) is 0 Å². The van der Waals surface area contributed by atoms with E-state index in [0.29, 0.717) is 10.6 Å². The Morgan fingerprint density at radius 2 is 2.10 bits per heavy atom. The third-order valence-corrected chi connectivity index (χ3v) is 4.26. The SMILES string of the molecule is CCn1c(-c2ccc(Cl)cc2Br)nc2cc(C#N)ccc21. The van der Waals surface area contributed by atoms with E-state index in [1.54, 1.807) is 0 Å². The molecule has 0 radical (unpaired) electrons. The lowest BCUT2D eigenvalue weighted by molar-refractivity contribution is 0.796. The molecule has 0 spiro atoms. The summed E-state index contributed by atoms with van der Waals surface area (Å²) in [6.45, 7) is 2.87. The Balaban J connectivity index is 2.29. The van der Waals surface area contributed by atoms with E-state index < -0.39 is 0 Å². The lowest BCUT2D eigenvalue weighted by Crippen LogP contribution is -1.97. The first-order valence-corrected chi connectivity index (χ1v) is 7.67. The second kappa shape index (κ2) is 5.51. The fourth-order valence-corrected chi connectivity index (χ4v) is 3.26. The highest BCUT2D eigenvalue weighted by molar-refractivity contribution is 9.10. The summed E-state index contributed by atoms with van der Waals surface area (Å²) in [5.41, 5.74) is 3.45. The van der Waals surface area contributed by atoms with Gasteiger partial charge in [-0.15, -0.1) is 0 Å². The molecule has 0 saturated carbocycles. The minimum Gasteiger partial charge on any atom is -0.324 e. The van der Waals surface area contributed by atoms with Gasteiger partial charge in [0, 0.05) is 21.6 Å². The number of hydrogen-bond donors (Lipinski definition) is 0. The Bertz CT molecular complexity index is 877. The van der Waals surface area contributed by atoms with Crippen LogP contribution in [-0.2, 0) is 6.54 Å². The van der Waals surface area contributed by atoms with Crippen LogP contribution in [0, 0.1) is 11.3 Å². The summed E-state index contributed by atoms with van der Waals surface area (Å²) < 4.78 is 3.03. The van der Waals surface area contributed by atoms with Crippen molar-refractivity contribution in [3.63, 3.8) is 0 Å². The molecule has 0 atom stereocenters. The molecule has 104 valence electrons. The Hall–Kier alpha value is -1.83. The molecule has 0 saturated heterocycles. The van der Waals surface area contributed by atoms with Crippen LogP contribution in [0.2, 0.25) is 5.02 Å². The molecule has 1 aromatic heterocycles. The van der Waals surface area contributed by atoms with Crippen LogP contribution in [0.3, 0.4) is 0 Å². The van der Waals surface area contributed by atoms with Crippen LogP contribution in [0.15, 0.2) is 40.9 Å². The summed E-state index contributed by atoms with van der Waals surface area (Å²) in [6.07, 6.45) is 0. The molecule has 0 aliphatic carbocycles. The summed E-state index contributed by atoms with van der Waals surface area (Å²) in [7, 11) is 0. The third kappa shape index (κ3) is 2.44. The normalized spacial score (nSPS) is 10.8. The van der Waals surface area contributed by atoms with Gasteiger partial charge >= 0.3 is 0 Å². The molecule has 3 nitrogen and oxygen atoms in total. The minimum absolute atomic E-state index is 0.616. The summed E-state index contributed by atoms with van der Waals surface area (Å²) in [5.74, 6) is 0.867. The average molecular weight is 361 g/mol. The van der Waals surface area contributed by atoms with Crippen LogP contribution < -0.4 is 0 Å². The number of imidazole rings is 1. The van der Waals surface area contributed by atoms with Crippen molar-refractivity contribution in [2.75, 3.05) is 0 Å². The number of nitriles is 1. The van der Waals surface area contributed by atoms with E-state index in [4.69, 9.17) is 21.8 Å². The second-order valence-corrected chi connectivity index (χ2v) is 5.91. The predicted octanol–water partition coefficient (Wildman–Crippen LogP) is 5.01. The number of benzene rings is 2. The molecule has 5 heteroatoms. The molecule has 3 aromatic rings. The van der Waals surface area contributed by atoms with Crippen LogP contribution in [0.1, 0.15) is 12.5 Å². The third-order valence-electron chi connectivity index (χ3n) is 3.37. The van der Waals surface area contributed by atoms with E-state index in [9.17, 15) is 0 Å². The first kappa shape index (κ1) is 14.1. The Morgan fingerprint density at radius 3 is 2.76 bits per heavy atom. The van der Waals surface area contributed by atoms with Crippen molar-refractivity contribution in [1.82, 2.24) is 9.55 Å². The maximum atomic E-state index is 9.02. The smallest absolute Gasteiger partial charge is 0.142 e. The summed E-state index contributed by atoms with van der Waals surface area (Å²) in [6, 6.07) is 13.4. The zero-order valence-corrected chi connectivity index (χ0v) is 13.6. The van der Waals surface area contributed by atoms with Gasteiger partial charge in [0.15, 0.2) is 0 Å². The van der Waals surface area contributed by atoms with E-state index in [0.717, 1.165) is 33.4 Å². The average Bonchev–Trinajstić information content (AvgIpc) is 2.84. The Labute approximate surface area is 135 Å². The van der Waals surface area contributed by atoms with Gasteiger partial charge in [-0.3, -0.25) is 0 Å². The fourth-order valence-electron chi connectivity index (χ4n) is 2.40. The van der Waals surface area contributed by atoms with Crippen molar-refractivity contribution in [3.8, 4) is 17.5 Å². The van der Waals surface area contributed by atoms with E-state index >= 15 is 0 Å². The molecule has 0 amide bonds. The molecular formula is C16H11BrClN3. The zero-order valence-electron chi connectivity index (χ0n) is 11.3. The molecule has 0 fully saturated rings. The maximum Gasteiger partial charge on any atom is 0.142 e. The summed E-state index contributed by atoms with van der Waals surface area (Å²) in [4.78, 5) is 4.69. The number of aryl methyl sites for hydroxylation is 1. The van der Waals surface area contributed by atoms with Crippen molar-refractivity contribution < 1.29 is 0 Å². The van der Waals surface area contributed by atoms with Crippen molar-refractivity contribution in [2.24, 2.45) is 0 Å². The van der Waals surface area contributed by atoms with Gasteiger partial charge in [0.1, 0.15) is 5.82 Å². The summed E-state index contributed by atoms with van der Waals surface area (Å²) >= 11 is 9.55. The molecule has 0 unspecified atom stereocenters. The van der Waals surface area contributed by atoms with Gasteiger partial charge in [0.25, 0.3) is 0 Å². The van der Waals surface area contributed by atoms with Crippen LogP contribution in [-0.4, -0.2) is 9.55 Å². The molecule has 0 N–H and O–H groups in total. The first-order chi connectivity index (χ1) is 10.1. The Kier molecular flexibility index (Phi) is 3.71. The highest BCUT2D eigenvalue weighted by Gasteiger charge is 2.14. The molecule has 21 heavy (non-hydrogen) atoms. The number of halogens is 2. The molecule has 0 aliphatic heterocycles. The quantitative estimate of drug-likeness (QED) is 0.644. The van der Waals surface area contributed by atoms with E-state index in [1.807, 2.05) is 36.4 Å². The van der Waals surface area contributed by atoms with Crippen LogP contribution in [0.25, 0.3) is 22.4 Å². The molecule has 3 rings (SSSR count). The number of hydrogen-bond acceptors (Lipinski definition) is 2. The topological polar surface area (TPSA) is 41.6 Å². The largest absolute Gasteiger partial charge is 0.324 e. The lowest BCUT2D eigenvalue weighted by atomic mass is 10.2. The lowest BCUT2D eigenvalue weighted by Gasteiger charge is -2.08. The number of rotatable bonds is 2. The molecule has 1 heterocycles. The molecule has 2 aromatic carbocycles. The Morgan fingerprint density at radius 1 is 1.29 bits per heavy atom. The van der Waals surface area contributed by atoms with Crippen molar-refractivity contribution >= 4 is 38.6 Å². The van der Waals surface area contributed by atoms with Crippen LogP contribution in [0.5, 0.6) is 0 Å². The summed E-state index contributed by atoms with van der Waals surface area (Å²) in [5, 5.41) is 9.69. The van der Waals surface area contributed by atoms with Gasteiger partial charge in [-0.05, 0) is 59.3 Å². The van der Waals surface area contributed by atoms with Gasteiger partial charge in [0.05, 0.1) is 22.7 Å². The van der Waals surface area contributed by atoms with Gasteiger partial charge in [-0.1, -0.05) is 11.6 Å². The number of nitrogens with zero attached hydrogens (tertiary/aromatic N) is 3. The van der Waals surface area contributed by atoms with Crippen molar-refractivity contribution in [2.45, 2.75) is 13.5 Å². The predicted molar refractivity (Wildman–Crippen MR) is 88.3 cm³/mol. The van der Waals surface area contributed by atoms with Crippen molar-refractivity contribution in [3.05, 3.63) is 51.5 Å². The number of fused-ring (bicyclic) bond motifs is 1. The van der Waals surface area contributed by atoms with Gasteiger partial charge in [-0.2, -0.15) is 5.26 Å². The maximum absolute atomic E-state index is 9.02. The van der Waals surface area contributed by atoms with Gasteiger partial charge in [-0.25, -0.2) is 4.98 Å². The highest BCUT2D eigenvalue weighted by atomic mass is 79.9. The second-order valence-electron chi connectivity index (χ2n) is 4.62. The molecule has 0 bridgehead atoms. The monoisotopic (exact) mass is 359 g/mol. The van der Waals surface area contributed by atoms with E-state index in [-0.39, 0.29) is 0 Å².